The number of anilines is 1. The van der Waals surface area contributed by atoms with E-state index >= 15 is 0 Å². The minimum atomic E-state index is 0.202. The Morgan fingerprint density at radius 1 is 1.54 bits per heavy atom. The molecule has 0 radical (unpaired) electrons. The van der Waals surface area contributed by atoms with E-state index in [1.165, 1.54) is 11.3 Å². The van der Waals surface area contributed by atoms with Crippen molar-refractivity contribution >= 4 is 21.6 Å². The molecule has 13 heavy (non-hydrogen) atoms. The number of rotatable bonds is 1. The van der Waals surface area contributed by atoms with Gasteiger partial charge in [0.05, 0.1) is 6.17 Å². The molecule has 1 heterocycles. The average molecular weight is 242 g/mol. The SMILES string of the molecule is NNC1CCc2cc(Br)ccc2N1. The van der Waals surface area contributed by atoms with Crippen LogP contribution < -0.4 is 16.6 Å². The van der Waals surface area contributed by atoms with E-state index in [9.17, 15) is 0 Å². The molecule has 4 N–H and O–H groups in total. The van der Waals surface area contributed by atoms with Crippen LogP contribution in [-0.4, -0.2) is 6.17 Å². The zero-order chi connectivity index (χ0) is 9.26. The lowest BCUT2D eigenvalue weighted by Crippen LogP contribution is -2.43. The molecule has 1 unspecified atom stereocenters. The van der Waals surface area contributed by atoms with Crippen LogP contribution in [0.5, 0.6) is 0 Å². The number of hydrazine groups is 1. The first-order valence-corrected chi connectivity index (χ1v) is 5.10. The van der Waals surface area contributed by atoms with E-state index in [0.29, 0.717) is 0 Å². The second-order valence-electron chi connectivity index (χ2n) is 3.20. The molecule has 4 heteroatoms. The third-order valence-corrected chi connectivity index (χ3v) is 2.79. The summed E-state index contributed by atoms with van der Waals surface area (Å²) in [6.45, 7) is 0. The van der Waals surface area contributed by atoms with Gasteiger partial charge in [-0.05, 0) is 36.6 Å². The van der Waals surface area contributed by atoms with E-state index in [1.54, 1.807) is 0 Å². The number of halogens is 1. The Labute approximate surface area is 85.8 Å². The summed E-state index contributed by atoms with van der Waals surface area (Å²) in [5.74, 6) is 5.37. The fourth-order valence-corrected chi connectivity index (χ4v) is 2.00. The smallest absolute Gasteiger partial charge is 0.0896 e. The maximum atomic E-state index is 5.37. The highest BCUT2D eigenvalue weighted by Crippen LogP contribution is 2.26. The molecule has 1 aliphatic heterocycles. The lowest BCUT2D eigenvalue weighted by atomic mass is 10.0. The topological polar surface area (TPSA) is 50.1 Å². The summed E-state index contributed by atoms with van der Waals surface area (Å²) in [5.41, 5.74) is 5.26. The molecular weight excluding hydrogens is 230 g/mol. The standard InChI is InChI=1S/C9H12BrN3/c10-7-2-3-8-6(5-7)1-4-9(12-8)13-11/h2-3,5,9,12-13H,1,4,11H2. The zero-order valence-corrected chi connectivity index (χ0v) is 8.76. The van der Waals surface area contributed by atoms with Crippen LogP contribution in [0.1, 0.15) is 12.0 Å². The molecule has 3 nitrogen and oxygen atoms in total. The van der Waals surface area contributed by atoms with Crippen LogP contribution in [-0.2, 0) is 6.42 Å². The van der Waals surface area contributed by atoms with Gasteiger partial charge in [-0.2, -0.15) is 0 Å². The highest BCUT2D eigenvalue weighted by Gasteiger charge is 2.15. The second-order valence-corrected chi connectivity index (χ2v) is 4.12. The molecule has 1 aromatic rings. The molecule has 1 atom stereocenters. The zero-order valence-electron chi connectivity index (χ0n) is 7.18. The van der Waals surface area contributed by atoms with E-state index < -0.39 is 0 Å². The first kappa shape index (κ1) is 8.99. The van der Waals surface area contributed by atoms with Crippen LogP contribution in [0.4, 0.5) is 5.69 Å². The minimum absolute atomic E-state index is 0.202. The minimum Gasteiger partial charge on any atom is -0.369 e. The lowest BCUT2D eigenvalue weighted by molar-refractivity contribution is 0.530. The molecule has 0 spiro atoms. The van der Waals surface area contributed by atoms with Gasteiger partial charge in [0.25, 0.3) is 0 Å². The largest absolute Gasteiger partial charge is 0.369 e. The summed E-state index contributed by atoms with van der Waals surface area (Å²) in [7, 11) is 0. The highest BCUT2D eigenvalue weighted by atomic mass is 79.9. The van der Waals surface area contributed by atoms with Crippen molar-refractivity contribution in [3.05, 3.63) is 28.2 Å². The van der Waals surface area contributed by atoms with Crippen molar-refractivity contribution in [2.45, 2.75) is 19.0 Å². The second kappa shape index (κ2) is 3.65. The van der Waals surface area contributed by atoms with Crippen molar-refractivity contribution in [1.82, 2.24) is 5.43 Å². The summed E-state index contributed by atoms with van der Waals surface area (Å²) in [5, 5.41) is 3.32. The third-order valence-electron chi connectivity index (χ3n) is 2.30. The van der Waals surface area contributed by atoms with Crippen LogP contribution in [0, 0.1) is 0 Å². The van der Waals surface area contributed by atoms with Gasteiger partial charge < -0.3 is 5.32 Å². The predicted molar refractivity (Wildman–Crippen MR) is 57.2 cm³/mol. The maximum Gasteiger partial charge on any atom is 0.0896 e. The number of hydrogen-bond acceptors (Lipinski definition) is 3. The van der Waals surface area contributed by atoms with Gasteiger partial charge in [-0.1, -0.05) is 15.9 Å². The van der Waals surface area contributed by atoms with Gasteiger partial charge in [0.1, 0.15) is 0 Å². The van der Waals surface area contributed by atoms with Gasteiger partial charge in [0.15, 0.2) is 0 Å². The lowest BCUT2D eigenvalue weighted by Gasteiger charge is -2.26. The van der Waals surface area contributed by atoms with Crippen molar-refractivity contribution in [2.75, 3.05) is 5.32 Å². The average Bonchev–Trinajstić information content (AvgIpc) is 2.17. The first-order valence-electron chi connectivity index (χ1n) is 4.30. The summed E-state index contributed by atoms with van der Waals surface area (Å²) in [6, 6.07) is 6.25. The molecule has 70 valence electrons. The molecule has 0 aliphatic carbocycles. The molecule has 1 aliphatic rings. The van der Waals surface area contributed by atoms with E-state index in [1.807, 2.05) is 6.07 Å². The van der Waals surface area contributed by atoms with Gasteiger partial charge in [-0.25, -0.2) is 5.43 Å². The number of nitrogens with one attached hydrogen (secondary N) is 2. The predicted octanol–water partition coefficient (Wildman–Crippen LogP) is 1.60. The van der Waals surface area contributed by atoms with E-state index in [2.05, 4.69) is 38.8 Å². The Balaban J connectivity index is 2.26. The Morgan fingerprint density at radius 2 is 2.38 bits per heavy atom. The Kier molecular flexibility index (Phi) is 2.53. The molecular formula is C9H12BrN3. The third kappa shape index (κ3) is 1.85. The number of aryl methyl sites for hydroxylation is 1. The number of benzene rings is 1. The van der Waals surface area contributed by atoms with Gasteiger partial charge >= 0.3 is 0 Å². The first-order chi connectivity index (χ1) is 6.29. The molecule has 0 saturated carbocycles. The summed E-state index contributed by atoms with van der Waals surface area (Å²) >= 11 is 3.45. The molecule has 0 bridgehead atoms. The van der Waals surface area contributed by atoms with Gasteiger partial charge in [-0.15, -0.1) is 0 Å². The molecule has 0 fully saturated rings. The molecule has 0 amide bonds. The van der Waals surface area contributed by atoms with E-state index in [4.69, 9.17) is 5.84 Å². The summed E-state index contributed by atoms with van der Waals surface area (Å²) < 4.78 is 1.13. The Hall–Kier alpha value is -0.580. The van der Waals surface area contributed by atoms with Gasteiger partial charge in [-0.3, -0.25) is 5.84 Å². The van der Waals surface area contributed by atoms with Crippen LogP contribution in [0.25, 0.3) is 0 Å². The number of nitrogens with two attached hydrogens (primary N) is 1. The van der Waals surface area contributed by atoms with Crippen molar-refractivity contribution < 1.29 is 0 Å². The quantitative estimate of drug-likeness (QED) is 0.517. The van der Waals surface area contributed by atoms with Gasteiger partial charge in [0.2, 0.25) is 0 Å². The number of fused-ring (bicyclic) bond motifs is 1. The molecule has 1 aromatic carbocycles. The molecule has 0 saturated heterocycles. The van der Waals surface area contributed by atoms with E-state index in [-0.39, 0.29) is 6.17 Å². The van der Waals surface area contributed by atoms with Crippen LogP contribution in [0.2, 0.25) is 0 Å². The van der Waals surface area contributed by atoms with E-state index in [0.717, 1.165) is 17.3 Å². The molecule has 2 rings (SSSR count). The Bertz CT molecular complexity index is 314. The molecule has 0 aromatic heterocycles. The Morgan fingerprint density at radius 3 is 3.15 bits per heavy atom. The maximum absolute atomic E-state index is 5.37. The monoisotopic (exact) mass is 241 g/mol. The van der Waals surface area contributed by atoms with Crippen molar-refractivity contribution in [3.63, 3.8) is 0 Å². The van der Waals surface area contributed by atoms with Crippen LogP contribution in [0.15, 0.2) is 22.7 Å². The normalized spacial score (nSPS) is 20.6. The summed E-state index contributed by atoms with van der Waals surface area (Å²) in [4.78, 5) is 0. The van der Waals surface area contributed by atoms with Crippen molar-refractivity contribution in [3.8, 4) is 0 Å². The van der Waals surface area contributed by atoms with Crippen LogP contribution in [0.3, 0.4) is 0 Å². The number of hydrogen-bond donors (Lipinski definition) is 3. The van der Waals surface area contributed by atoms with Crippen LogP contribution >= 0.6 is 15.9 Å². The summed E-state index contributed by atoms with van der Waals surface area (Å²) in [6.07, 6.45) is 2.30. The highest BCUT2D eigenvalue weighted by molar-refractivity contribution is 9.10. The van der Waals surface area contributed by atoms with Crippen molar-refractivity contribution in [1.29, 1.82) is 0 Å². The van der Waals surface area contributed by atoms with Gasteiger partial charge in [0, 0.05) is 10.2 Å². The fourth-order valence-electron chi connectivity index (χ4n) is 1.59. The van der Waals surface area contributed by atoms with Crippen molar-refractivity contribution in [2.24, 2.45) is 5.84 Å². The fraction of sp³-hybridized carbons (Fsp3) is 0.333.